The SMILES string of the molecule is Nc1ccc(-c2ccc(F)cc2)cc1NC(=O)c1cn(Cc2ccc(Oc3ccccc3)cc2)nn1. The summed E-state index contributed by atoms with van der Waals surface area (Å²) in [6.07, 6.45) is 1.57. The highest BCUT2D eigenvalue weighted by molar-refractivity contribution is 6.04. The molecule has 5 rings (SSSR count). The van der Waals surface area contributed by atoms with Crippen LogP contribution in [0.5, 0.6) is 11.5 Å². The van der Waals surface area contributed by atoms with Gasteiger partial charge in [-0.15, -0.1) is 5.10 Å². The van der Waals surface area contributed by atoms with Gasteiger partial charge in [0.25, 0.3) is 5.91 Å². The molecule has 7 nitrogen and oxygen atoms in total. The minimum absolute atomic E-state index is 0.158. The van der Waals surface area contributed by atoms with Crippen LogP contribution in [0.1, 0.15) is 16.1 Å². The van der Waals surface area contributed by atoms with E-state index in [1.54, 1.807) is 35.1 Å². The van der Waals surface area contributed by atoms with Crippen molar-refractivity contribution in [3.8, 4) is 22.6 Å². The van der Waals surface area contributed by atoms with Crippen LogP contribution in [0, 0.1) is 5.82 Å². The van der Waals surface area contributed by atoms with Crippen molar-refractivity contribution < 1.29 is 13.9 Å². The van der Waals surface area contributed by atoms with E-state index in [9.17, 15) is 9.18 Å². The lowest BCUT2D eigenvalue weighted by atomic mass is 10.0. The van der Waals surface area contributed by atoms with Crippen molar-refractivity contribution >= 4 is 17.3 Å². The molecule has 0 fully saturated rings. The number of amides is 1. The molecule has 0 saturated heterocycles. The fourth-order valence-corrected chi connectivity index (χ4v) is 3.63. The van der Waals surface area contributed by atoms with E-state index < -0.39 is 5.91 Å². The summed E-state index contributed by atoms with van der Waals surface area (Å²) in [5, 5.41) is 10.8. The van der Waals surface area contributed by atoms with E-state index in [-0.39, 0.29) is 11.5 Å². The fraction of sp³-hybridized carbons (Fsp3) is 0.0357. The highest BCUT2D eigenvalue weighted by Gasteiger charge is 2.14. The molecule has 0 saturated carbocycles. The van der Waals surface area contributed by atoms with Gasteiger partial charge in [0.05, 0.1) is 24.1 Å². The number of hydrogen-bond acceptors (Lipinski definition) is 5. The molecule has 0 bridgehead atoms. The van der Waals surface area contributed by atoms with Gasteiger partial charge in [0.15, 0.2) is 5.69 Å². The van der Waals surface area contributed by atoms with Crippen LogP contribution in [0.15, 0.2) is 103 Å². The topological polar surface area (TPSA) is 95.1 Å². The zero-order valence-corrected chi connectivity index (χ0v) is 19.1. The largest absolute Gasteiger partial charge is 0.457 e. The van der Waals surface area contributed by atoms with Gasteiger partial charge in [0.2, 0.25) is 0 Å². The van der Waals surface area contributed by atoms with E-state index in [0.29, 0.717) is 17.9 Å². The average Bonchev–Trinajstić information content (AvgIpc) is 3.36. The fourth-order valence-electron chi connectivity index (χ4n) is 3.63. The van der Waals surface area contributed by atoms with Crippen LogP contribution in [0.25, 0.3) is 11.1 Å². The summed E-state index contributed by atoms with van der Waals surface area (Å²) in [4.78, 5) is 12.8. The van der Waals surface area contributed by atoms with Crippen LogP contribution >= 0.6 is 0 Å². The molecule has 0 spiro atoms. The van der Waals surface area contributed by atoms with Gasteiger partial charge in [-0.3, -0.25) is 4.79 Å². The number of anilines is 2. The minimum Gasteiger partial charge on any atom is -0.457 e. The van der Waals surface area contributed by atoms with Crippen molar-refractivity contribution in [2.75, 3.05) is 11.1 Å². The van der Waals surface area contributed by atoms with Crippen LogP contribution in [0.4, 0.5) is 15.8 Å². The maximum atomic E-state index is 13.2. The number of nitrogens with one attached hydrogen (secondary N) is 1. The second-order valence-electron chi connectivity index (χ2n) is 8.12. The predicted molar refractivity (Wildman–Crippen MR) is 136 cm³/mol. The highest BCUT2D eigenvalue weighted by atomic mass is 19.1. The number of carbonyl (C=O) groups is 1. The quantitative estimate of drug-likeness (QED) is 0.290. The number of aromatic nitrogens is 3. The third kappa shape index (κ3) is 5.39. The lowest BCUT2D eigenvalue weighted by molar-refractivity contribution is 0.102. The molecular formula is C28H22FN5O2. The van der Waals surface area contributed by atoms with E-state index in [0.717, 1.165) is 28.2 Å². The molecule has 1 heterocycles. The Labute approximate surface area is 207 Å². The first-order valence-electron chi connectivity index (χ1n) is 11.2. The molecule has 178 valence electrons. The summed E-state index contributed by atoms with van der Waals surface area (Å²) in [5.74, 6) is 0.739. The molecule has 0 atom stereocenters. The van der Waals surface area contributed by atoms with Crippen molar-refractivity contribution in [3.63, 3.8) is 0 Å². The van der Waals surface area contributed by atoms with Gasteiger partial charge in [0, 0.05) is 0 Å². The van der Waals surface area contributed by atoms with Crippen LogP contribution in [-0.2, 0) is 6.54 Å². The van der Waals surface area contributed by atoms with Crippen LogP contribution in [0.2, 0.25) is 0 Å². The summed E-state index contributed by atoms with van der Waals surface area (Å²) < 4.78 is 20.6. The van der Waals surface area contributed by atoms with Gasteiger partial charge in [-0.1, -0.05) is 53.7 Å². The maximum absolute atomic E-state index is 13.2. The number of nitrogens with two attached hydrogens (primary N) is 1. The number of halogens is 1. The summed E-state index contributed by atoms with van der Waals surface area (Å²) in [6.45, 7) is 0.439. The number of nitrogens with zero attached hydrogens (tertiary/aromatic N) is 3. The number of ether oxygens (including phenoxy) is 1. The van der Waals surface area contributed by atoms with E-state index in [1.165, 1.54) is 12.1 Å². The lowest BCUT2D eigenvalue weighted by Crippen LogP contribution is -2.13. The number of para-hydroxylation sites is 1. The Kier molecular flexibility index (Phi) is 6.40. The molecule has 1 amide bonds. The number of benzene rings is 4. The molecule has 0 unspecified atom stereocenters. The Balaban J connectivity index is 1.24. The van der Waals surface area contributed by atoms with Gasteiger partial charge in [0.1, 0.15) is 17.3 Å². The molecule has 0 aliphatic heterocycles. The number of hydrogen-bond donors (Lipinski definition) is 2. The van der Waals surface area contributed by atoms with Crippen LogP contribution in [-0.4, -0.2) is 20.9 Å². The predicted octanol–water partition coefficient (Wildman–Crippen LogP) is 5.76. The summed E-state index contributed by atoms with van der Waals surface area (Å²) in [7, 11) is 0. The van der Waals surface area contributed by atoms with Crippen molar-refractivity contribution in [1.82, 2.24) is 15.0 Å². The summed E-state index contributed by atoms with van der Waals surface area (Å²) in [6, 6.07) is 28.5. The standard InChI is InChI=1S/C28H22FN5O2/c29-22-11-8-20(9-12-22)21-10-15-25(30)26(16-21)31-28(35)27-18-34(33-32-27)17-19-6-13-24(14-7-19)36-23-4-2-1-3-5-23/h1-16,18H,17,30H2,(H,31,35). The van der Waals surface area contributed by atoms with Gasteiger partial charge in [-0.05, 0) is 65.2 Å². The molecule has 1 aromatic heterocycles. The smallest absolute Gasteiger partial charge is 0.277 e. The Morgan fingerprint density at radius 2 is 1.58 bits per heavy atom. The van der Waals surface area contributed by atoms with Gasteiger partial charge < -0.3 is 15.8 Å². The highest BCUT2D eigenvalue weighted by Crippen LogP contribution is 2.28. The van der Waals surface area contributed by atoms with E-state index in [2.05, 4.69) is 15.6 Å². The first kappa shape index (κ1) is 22.8. The average molecular weight is 480 g/mol. The Hall–Kier alpha value is -4.98. The number of carbonyl (C=O) groups excluding carboxylic acids is 1. The van der Waals surface area contributed by atoms with Crippen molar-refractivity contribution in [2.45, 2.75) is 6.54 Å². The Morgan fingerprint density at radius 1 is 0.889 bits per heavy atom. The summed E-state index contributed by atoms with van der Waals surface area (Å²) in [5.41, 5.74) is 9.63. The number of rotatable bonds is 7. The third-order valence-electron chi connectivity index (χ3n) is 5.50. The van der Waals surface area contributed by atoms with Crippen LogP contribution < -0.4 is 15.8 Å². The first-order chi connectivity index (χ1) is 17.5. The Bertz CT molecular complexity index is 1480. The van der Waals surface area contributed by atoms with E-state index in [1.807, 2.05) is 60.7 Å². The molecule has 0 radical (unpaired) electrons. The minimum atomic E-state index is -0.434. The molecule has 36 heavy (non-hydrogen) atoms. The zero-order chi connectivity index (χ0) is 24.9. The van der Waals surface area contributed by atoms with Crippen molar-refractivity contribution in [2.24, 2.45) is 0 Å². The molecule has 5 aromatic rings. The molecule has 4 aromatic carbocycles. The molecule has 8 heteroatoms. The number of nitrogen functional groups attached to an aromatic ring is 1. The normalized spacial score (nSPS) is 10.7. The molecule has 0 aliphatic rings. The van der Waals surface area contributed by atoms with Crippen molar-refractivity contribution in [1.29, 1.82) is 0 Å². The lowest BCUT2D eigenvalue weighted by Gasteiger charge is -2.10. The second-order valence-corrected chi connectivity index (χ2v) is 8.12. The monoisotopic (exact) mass is 479 g/mol. The van der Waals surface area contributed by atoms with Crippen molar-refractivity contribution in [3.05, 3.63) is 120 Å². The van der Waals surface area contributed by atoms with Gasteiger partial charge in [-0.25, -0.2) is 9.07 Å². The second kappa shape index (κ2) is 10.1. The first-order valence-corrected chi connectivity index (χ1v) is 11.2. The molecule has 0 aliphatic carbocycles. The Morgan fingerprint density at radius 3 is 2.33 bits per heavy atom. The molecular weight excluding hydrogens is 457 g/mol. The van der Waals surface area contributed by atoms with Crippen LogP contribution in [0.3, 0.4) is 0 Å². The van der Waals surface area contributed by atoms with E-state index in [4.69, 9.17) is 10.5 Å². The maximum Gasteiger partial charge on any atom is 0.277 e. The van der Waals surface area contributed by atoms with E-state index >= 15 is 0 Å². The third-order valence-corrected chi connectivity index (χ3v) is 5.50. The molecule has 3 N–H and O–H groups in total. The zero-order valence-electron chi connectivity index (χ0n) is 19.1. The summed E-state index contributed by atoms with van der Waals surface area (Å²) >= 11 is 0. The van der Waals surface area contributed by atoms with Gasteiger partial charge in [-0.2, -0.15) is 0 Å². The van der Waals surface area contributed by atoms with Gasteiger partial charge >= 0.3 is 0 Å².